The molecular weight excluding hydrogens is 252 g/mol. The number of hydrogen-bond acceptors (Lipinski definition) is 5. The molecule has 1 aliphatic rings. The maximum Gasteiger partial charge on any atom is 0.431 e. The zero-order valence-electron chi connectivity index (χ0n) is 11.5. The van der Waals surface area contributed by atoms with E-state index in [-0.39, 0.29) is 5.41 Å². The SMILES string of the molecule is CC(C)(C)OC(=O)NOCC1(CN)CCSCC1. The number of hydroxylamine groups is 1. The lowest BCUT2D eigenvalue weighted by Gasteiger charge is -2.35. The van der Waals surface area contributed by atoms with Crippen molar-refractivity contribution >= 4 is 17.9 Å². The second kappa shape index (κ2) is 6.63. The summed E-state index contributed by atoms with van der Waals surface area (Å²) in [4.78, 5) is 16.7. The highest BCUT2D eigenvalue weighted by atomic mass is 32.2. The van der Waals surface area contributed by atoms with E-state index >= 15 is 0 Å². The van der Waals surface area contributed by atoms with Crippen LogP contribution in [0.25, 0.3) is 0 Å². The molecule has 0 atom stereocenters. The second-order valence-electron chi connectivity index (χ2n) is 5.71. The van der Waals surface area contributed by atoms with Crippen molar-refractivity contribution in [2.45, 2.75) is 39.2 Å². The molecule has 1 saturated heterocycles. The van der Waals surface area contributed by atoms with Crippen molar-refractivity contribution < 1.29 is 14.4 Å². The van der Waals surface area contributed by atoms with Gasteiger partial charge in [0.05, 0.1) is 6.61 Å². The summed E-state index contributed by atoms with van der Waals surface area (Å²) in [5.41, 5.74) is 7.63. The molecule has 0 saturated carbocycles. The molecule has 6 heteroatoms. The summed E-state index contributed by atoms with van der Waals surface area (Å²) in [7, 11) is 0. The molecular formula is C12H24N2O3S. The summed E-state index contributed by atoms with van der Waals surface area (Å²) >= 11 is 1.94. The maximum atomic E-state index is 11.4. The normalized spacial score (nSPS) is 19.3. The minimum absolute atomic E-state index is 0.000260. The zero-order valence-corrected chi connectivity index (χ0v) is 12.3. The molecule has 0 aliphatic carbocycles. The number of carbonyl (C=O) groups excluding carboxylic acids is 1. The molecule has 1 aliphatic heterocycles. The summed E-state index contributed by atoms with van der Waals surface area (Å²) in [6.45, 7) is 6.47. The van der Waals surface area contributed by atoms with Crippen LogP contribution in [-0.4, -0.2) is 36.4 Å². The Hall–Kier alpha value is -0.460. The predicted octanol–water partition coefficient (Wildman–Crippen LogP) is 1.91. The van der Waals surface area contributed by atoms with Crippen LogP contribution in [0.15, 0.2) is 0 Å². The Morgan fingerprint density at radius 3 is 2.50 bits per heavy atom. The standard InChI is InChI=1S/C12H24N2O3S/c1-11(2,3)17-10(15)14-16-9-12(8-13)4-6-18-7-5-12/h4-9,13H2,1-3H3,(H,14,15). The van der Waals surface area contributed by atoms with E-state index in [2.05, 4.69) is 5.48 Å². The monoisotopic (exact) mass is 276 g/mol. The number of nitrogens with two attached hydrogens (primary N) is 1. The molecule has 1 heterocycles. The lowest BCUT2D eigenvalue weighted by atomic mass is 9.83. The van der Waals surface area contributed by atoms with Crippen molar-refractivity contribution in [1.82, 2.24) is 5.48 Å². The first-order valence-corrected chi connectivity index (χ1v) is 7.41. The summed E-state index contributed by atoms with van der Waals surface area (Å²) in [5, 5.41) is 0. The molecule has 18 heavy (non-hydrogen) atoms. The van der Waals surface area contributed by atoms with Crippen LogP contribution in [0, 0.1) is 5.41 Å². The molecule has 0 bridgehead atoms. The molecule has 0 unspecified atom stereocenters. The first-order valence-electron chi connectivity index (χ1n) is 6.25. The molecule has 5 nitrogen and oxygen atoms in total. The smallest absolute Gasteiger partial charge is 0.431 e. The van der Waals surface area contributed by atoms with Crippen LogP contribution < -0.4 is 11.2 Å². The molecule has 0 aromatic carbocycles. The summed E-state index contributed by atoms with van der Waals surface area (Å²) < 4.78 is 5.08. The Morgan fingerprint density at radius 1 is 1.39 bits per heavy atom. The Morgan fingerprint density at radius 2 is 2.00 bits per heavy atom. The fourth-order valence-corrected chi connectivity index (χ4v) is 3.12. The van der Waals surface area contributed by atoms with E-state index in [0.29, 0.717) is 13.2 Å². The number of hydrogen-bond donors (Lipinski definition) is 2. The number of carbonyl (C=O) groups is 1. The molecule has 0 aromatic heterocycles. The zero-order chi connectivity index (χ0) is 13.6. The van der Waals surface area contributed by atoms with Gasteiger partial charge >= 0.3 is 6.09 Å². The van der Waals surface area contributed by atoms with Crippen LogP contribution in [0.4, 0.5) is 4.79 Å². The van der Waals surface area contributed by atoms with Crippen LogP contribution in [0.2, 0.25) is 0 Å². The van der Waals surface area contributed by atoms with Crippen LogP contribution in [0.1, 0.15) is 33.6 Å². The highest BCUT2D eigenvalue weighted by Crippen LogP contribution is 2.34. The molecule has 1 rings (SSSR count). The van der Waals surface area contributed by atoms with Crippen molar-refractivity contribution in [2.24, 2.45) is 11.1 Å². The van der Waals surface area contributed by atoms with Gasteiger partial charge in [-0.1, -0.05) is 0 Å². The molecule has 0 radical (unpaired) electrons. The van der Waals surface area contributed by atoms with Gasteiger partial charge in [0, 0.05) is 12.0 Å². The molecule has 106 valence electrons. The van der Waals surface area contributed by atoms with E-state index in [9.17, 15) is 4.79 Å². The van der Waals surface area contributed by atoms with Gasteiger partial charge in [0.2, 0.25) is 0 Å². The number of amides is 1. The highest BCUT2D eigenvalue weighted by molar-refractivity contribution is 7.99. The highest BCUT2D eigenvalue weighted by Gasteiger charge is 2.31. The fraction of sp³-hybridized carbons (Fsp3) is 0.917. The summed E-state index contributed by atoms with van der Waals surface area (Å²) in [5.74, 6) is 2.21. The van der Waals surface area contributed by atoms with E-state index < -0.39 is 11.7 Å². The summed E-state index contributed by atoms with van der Waals surface area (Å²) in [6.07, 6.45) is 1.51. The van der Waals surface area contributed by atoms with Crippen molar-refractivity contribution in [3.05, 3.63) is 0 Å². The largest absolute Gasteiger partial charge is 0.442 e. The minimum atomic E-state index is -0.556. The van der Waals surface area contributed by atoms with E-state index in [1.165, 1.54) is 0 Å². The quantitative estimate of drug-likeness (QED) is 0.767. The minimum Gasteiger partial charge on any atom is -0.442 e. The molecule has 0 spiro atoms. The van der Waals surface area contributed by atoms with Gasteiger partial charge < -0.3 is 10.5 Å². The van der Waals surface area contributed by atoms with E-state index in [4.69, 9.17) is 15.3 Å². The lowest BCUT2D eigenvalue weighted by molar-refractivity contribution is -0.0382. The number of nitrogens with one attached hydrogen (secondary N) is 1. The van der Waals surface area contributed by atoms with Gasteiger partial charge in [-0.3, -0.25) is 4.84 Å². The van der Waals surface area contributed by atoms with Gasteiger partial charge in [-0.15, -0.1) is 0 Å². The number of rotatable bonds is 4. The fourth-order valence-electron chi connectivity index (χ4n) is 1.76. The third kappa shape index (κ3) is 5.46. The first kappa shape index (κ1) is 15.6. The van der Waals surface area contributed by atoms with Crippen molar-refractivity contribution in [2.75, 3.05) is 24.7 Å². The Bertz CT molecular complexity index is 273. The Labute approximate surface area is 113 Å². The first-order chi connectivity index (χ1) is 8.37. The van der Waals surface area contributed by atoms with Gasteiger partial charge in [-0.05, 0) is 45.1 Å². The van der Waals surface area contributed by atoms with Gasteiger partial charge in [-0.2, -0.15) is 17.2 Å². The Kier molecular flexibility index (Phi) is 5.75. The van der Waals surface area contributed by atoms with Crippen LogP contribution in [-0.2, 0) is 9.57 Å². The third-order valence-corrected chi connectivity index (χ3v) is 3.90. The average Bonchev–Trinajstić information content (AvgIpc) is 2.28. The van der Waals surface area contributed by atoms with Crippen LogP contribution in [0.3, 0.4) is 0 Å². The molecule has 1 fully saturated rings. The summed E-state index contributed by atoms with van der Waals surface area (Å²) in [6, 6.07) is 0. The third-order valence-electron chi connectivity index (χ3n) is 2.92. The van der Waals surface area contributed by atoms with E-state index in [0.717, 1.165) is 24.3 Å². The Balaban J connectivity index is 2.29. The van der Waals surface area contributed by atoms with Crippen molar-refractivity contribution in [1.29, 1.82) is 0 Å². The lowest BCUT2D eigenvalue weighted by Crippen LogP contribution is -2.42. The number of thioether (sulfide) groups is 1. The molecule has 1 amide bonds. The van der Waals surface area contributed by atoms with Crippen LogP contribution in [0.5, 0.6) is 0 Å². The van der Waals surface area contributed by atoms with Gasteiger partial charge in [0.25, 0.3) is 0 Å². The second-order valence-corrected chi connectivity index (χ2v) is 6.93. The van der Waals surface area contributed by atoms with E-state index in [1.807, 2.05) is 32.5 Å². The van der Waals surface area contributed by atoms with E-state index in [1.54, 1.807) is 0 Å². The topological polar surface area (TPSA) is 73.6 Å². The van der Waals surface area contributed by atoms with Crippen LogP contribution >= 0.6 is 11.8 Å². The van der Waals surface area contributed by atoms with Gasteiger partial charge in [-0.25, -0.2) is 4.79 Å². The van der Waals surface area contributed by atoms with Crippen molar-refractivity contribution in [3.63, 3.8) is 0 Å². The molecule has 3 N–H and O–H groups in total. The van der Waals surface area contributed by atoms with Gasteiger partial charge in [0.1, 0.15) is 5.60 Å². The van der Waals surface area contributed by atoms with Gasteiger partial charge in [0.15, 0.2) is 0 Å². The maximum absolute atomic E-state index is 11.4. The predicted molar refractivity (Wildman–Crippen MR) is 73.4 cm³/mol. The molecule has 0 aromatic rings. The average molecular weight is 276 g/mol. The van der Waals surface area contributed by atoms with Crippen molar-refractivity contribution in [3.8, 4) is 0 Å². The number of ether oxygens (including phenoxy) is 1.